The number of pyridine rings is 1. The van der Waals surface area contributed by atoms with E-state index in [1.54, 1.807) is 6.20 Å². The number of carbonyl (C=O) groups is 1. The predicted octanol–water partition coefficient (Wildman–Crippen LogP) is 4.00. The van der Waals surface area contributed by atoms with E-state index in [1.807, 2.05) is 37.3 Å². The molecule has 23 heavy (non-hydrogen) atoms. The third-order valence-corrected chi connectivity index (χ3v) is 4.51. The first-order valence-corrected chi connectivity index (χ1v) is 8.08. The summed E-state index contributed by atoms with van der Waals surface area (Å²) in [5.74, 6) is 0.464. The van der Waals surface area contributed by atoms with E-state index in [2.05, 4.69) is 15.3 Å². The van der Waals surface area contributed by atoms with Crippen LogP contribution in [0.15, 0.2) is 36.5 Å². The summed E-state index contributed by atoms with van der Waals surface area (Å²) in [5, 5.41) is 4.05. The molecular weight excluding hydrogens is 286 g/mol. The van der Waals surface area contributed by atoms with Gasteiger partial charge in [-0.1, -0.05) is 6.07 Å². The van der Waals surface area contributed by atoms with Crippen LogP contribution in [-0.2, 0) is 12.8 Å². The van der Waals surface area contributed by atoms with Crippen molar-refractivity contribution in [1.82, 2.24) is 9.97 Å². The van der Waals surface area contributed by atoms with Crippen molar-refractivity contribution in [2.75, 3.05) is 5.32 Å². The van der Waals surface area contributed by atoms with Gasteiger partial charge < -0.3 is 10.3 Å². The van der Waals surface area contributed by atoms with Crippen LogP contribution in [0.2, 0.25) is 0 Å². The molecule has 1 amide bonds. The number of H-pyrrole nitrogens is 1. The van der Waals surface area contributed by atoms with E-state index in [-0.39, 0.29) is 5.91 Å². The Bertz CT molecular complexity index is 878. The minimum Gasteiger partial charge on any atom is -0.358 e. The van der Waals surface area contributed by atoms with Crippen molar-refractivity contribution in [3.8, 4) is 0 Å². The first-order chi connectivity index (χ1) is 11.2. The first-order valence-electron chi connectivity index (χ1n) is 8.08. The fourth-order valence-electron chi connectivity index (χ4n) is 3.28. The van der Waals surface area contributed by atoms with Gasteiger partial charge in [-0.25, -0.2) is 4.98 Å². The number of hydrogen-bond donors (Lipinski definition) is 2. The minimum absolute atomic E-state index is 0.117. The number of aromatic nitrogens is 2. The number of carbonyl (C=O) groups excluding carboxylic acids is 1. The van der Waals surface area contributed by atoms with Crippen LogP contribution in [0, 0.1) is 6.92 Å². The molecule has 1 aromatic carbocycles. The predicted molar refractivity (Wildman–Crippen MR) is 91.9 cm³/mol. The second-order valence-corrected chi connectivity index (χ2v) is 6.22. The van der Waals surface area contributed by atoms with Crippen LogP contribution >= 0.6 is 0 Å². The summed E-state index contributed by atoms with van der Waals surface area (Å²) in [7, 11) is 0. The molecule has 0 atom stereocenters. The molecule has 1 aliphatic carbocycles. The average molecular weight is 305 g/mol. The fraction of sp³-hybridized carbons (Fsp3) is 0.263. The third-order valence-electron chi connectivity index (χ3n) is 4.51. The number of fused-ring (bicyclic) bond motifs is 3. The largest absolute Gasteiger partial charge is 0.358 e. The second-order valence-electron chi connectivity index (χ2n) is 6.22. The van der Waals surface area contributed by atoms with Gasteiger partial charge >= 0.3 is 0 Å². The Morgan fingerprint density at radius 1 is 1.17 bits per heavy atom. The standard InChI is InChI=1S/C19H19N3O/c1-12-6-9-18(20-11-12)22-19(23)13-7-8-17-15(10-13)14-4-2-3-5-16(14)21-17/h6-11,21H,2-5H2,1H3,(H,20,22,23). The van der Waals surface area contributed by atoms with Gasteiger partial charge in [0, 0.05) is 28.4 Å². The van der Waals surface area contributed by atoms with Crippen molar-refractivity contribution >= 4 is 22.6 Å². The van der Waals surface area contributed by atoms with Crippen molar-refractivity contribution in [3.05, 3.63) is 58.9 Å². The van der Waals surface area contributed by atoms with Gasteiger partial charge in [-0.05, 0) is 68.0 Å². The van der Waals surface area contributed by atoms with Gasteiger partial charge in [0.2, 0.25) is 0 Å². The molecule has 2 N–H and O–H groups in total. The van der Waals surface area contributed by atoms with Crippen molar-refractivity contribution < 1.29 is 4.79 Å². The van der Waals surface area contributed by atoms with Gasteiger partial charge in [0.1, 0.15) is 5.82 Å². The zero-order valence-corrected chi connectivity index (χ0v) is 13.1. The highest BCUT2D eigenvalue weighted by Crippen LogP contribution is 2.29. The van der Waals surface area contributed by atoms with Crippen LogP contribution < -0.4 is 5.32 Å². The molecule has 0 spiro atoms. The Morgan fingerprint density at radius 2 is 2.04 bits per heavy atom. The molecule has 0 saturated carbocycles. The maximum Gasteiger partial charge on any atom is 0.256 e. The lowest BCUT2D eigenvalue weighted by Gasteiger charge is -2.10. The number of anilines is 1. The maximum atomic E-state index is 12.5. The van der Waals surface area contributed by atoms with Gasteiger partial charge in [-0.2, -0.15) is 0 Å². The van der Waals surface area contributed by atoms with Crippen LogP contribution in [0.3, 0.4) is 0 Å². The number of aromatic amines is 1. The summed E-state index contributed by atoms with van der Waals surface area (Å²) in [6.07, 6.45) is 6.43. The van der Waals surface area contributed by atoms with Crippen molar-refractivity contribution in [2.24, 2.45) is 0 Å². The monoisotopic (exact) mass is 305 g/mol. The van der Waals surface area contributed by atoms with E-state index in [1.165, 1.54) is 29.5 Å². The number of hydrogen-bond acceptors (Lipinski definition) is 2. The molecule has 116 valence electrons. The SMILES string of the molecule is Cc1ccc(NC(=O)c2ccc3[nH]c4c(c3c2)CCCC4)nc1. The van der Waals surface area contributed by atoms with Gasteiger partial charge in [0.15, 0.2) is 0 Å². The summed E-state index contributed by atoms with van der Waals surface area (Å²) < 4.78 is 0. The van der Waals surface area contributed by atoms with E-state index in [9.17, 15) is 4.79 Å². The number of benzene rings is 1. The summed E-state index contributed by atoms with van der Waals surface area (Å²) in [4.78, 5) is 20.2. The van der Waals surface area contributed by atoms with Crippen LogP contribution in [0.1, 0.15) is 40.0 Å². The van der Waals surface area contributed by atoms with Crippen LogP contribution in [-0.4, -0.2) is 15.9 Å². The molecule has 2 heterocycles. The molecule has 0 unspecified atom stereocenters. The molecule has 0 bridgehead atoms. The zero-order chi connectivity index (χ0) is 15.8. The molecule has 0 saturated heterocycles. The Morgan fingerprint density at radius 3 is 2.87 bits per heavy atom. The molecule has 0 aliphatic heterocycles. The third kappa shape index (κ3) is 2.61. The molecule has 0 fully saturated rings. The summed E-state index contributed by atoms with van der Waals surface area (Å²) in [6, 6.07) is 9.64. The lowest BCUT2D eigenvalue weighted by atomic mass is 9.95. The molecule has 4 nitrogen and oxygen atoms in total. The lowest BCUT2D eigenvalue weighted by Crippen LogP contribution is -2.12. The molecule has 3 aromatic rings. The highest BCUT2D eigenvalue weighted by molar-refractivity contribution is 6.06. The van der Waals surface area contributed by atoms with Crippen molar-refractivity contribution in [2.45, 2.75) is 32.6 Å². The first kappa shape index (κ1) is 14.0. The number of nitrogens with one attached hydrogen (secondary N) is 2. The van der Waals surface area contributed by atoms with E-state index in [0.29, 0.717) is 11.4 Å². The maximum absolute atomic E-state index is 12.5. The average Bonchev–Trinajstić information content (AvgIpc) is 2.94. The van der Waals surface area contributed by atoms with Gasteiger partial charge in [-0.15, -0.1) is 0 Å². The highest BCUT2D eigenvalue weighted by Gasteiger charge is 2.17. The number of aryl methyl sites for hydroxylation is 3. The molecule has 0 radical (unpaired) electrons. The van der Waals surface area contributed by atoms with E-state index >= 15 is 0 Å². The van der Waals surface area contributed by atoms with Crippen molar-refractivity contribution in [1.29, 1.82) is 0 Å². The highest BCUT2D eigenvalue weighted by atomic mass is 16.1. The molecular formula is C19H19N3O. The fourth-order valence-corrected chi connectivity index (χ4v) is 3.28. The lowest BCUT2D eigenvalue weighted by molar-refractivity contribution is 0.102. The van der Waals surface area contributed by atoms with Gasteiger partial charge in [0.05, 0.1) is 0 Å². The summed E-state index contributed by atoms with van der Waals surface area (Å²) in [5.41, 5.74) is 5.59. The zero-order valence-electron chi connectivity index (χ0n) is 13.1. The quantitative estimate of drug-likeness (QED) is 0.751. The van der Waals surface area contributed by atoms with Crippen LogP contribution in [0.4, 0.5) is 5.82 Å². The Kier molecular flexibility index (Phi) is 3.37. The summed E-state index contributed by atoms with van der Waals surface area (Å²) in [6.45, 7) is 1.97. The van der Waals surface area contributed by atoms with Crippen LogP contribution in [0.25, 0.3) is 10.9 Å². The molecule has 4 heteroatoms. The van der Waals surface area contributed by atoms with Gasteiger partial charge in [0.25, 0.3) is 5.91 Å². The van der Waals surface area contributed by atoms with Crippen LogP contribution in [0.5, 0.6) is 0 Å². The van der Waals surface area contributed by atoms with E-state index in [4.69, 9.17) is 0 Å². The Labute approximate surface area is 134 Å². The molecule has 2 aromatic heterocycles. The summed E-state index contributed by atoms with van der Waals surface area (Å²) >= 11 is 0. The van der Waals surface area contributed by atoms with E-state index < -0.39 is 0 Å². The Hall–Kier alpha value is -2.62. The topological polar surface area (TPSA) is 57.8 Å². The Balaban J connectivity index is 1.65. The normalized spacial score (nSPS) is 13.8. The molecule has 4 rings (SSSR count). The second kappa shape index (κ2) is 5.54. The van der Waals surface area contributed by atoms with E-state index in [0.717, 1.165) is 23.9 Å². The van der Waals surface area contributed by atoms with Gasteiger partial charge in [-0.3, -0.25) is 4.79 Å². The van der Waals surface area contributed by atoms with Crippen molar-refractivity contribution in [3.63, 3.8) is 0 Å². The number of rotatable bonds is 2. The minimum atomic E-state index is -0.117. The molecule has 1 aliphatic rings. The number of nitrogens with zero attached hydrogens (tertiary/aromatic N) is 1. The smallest absolute Gasteiger partial charge is 0.256 e. The number of amides is 1.